The summed E-state index contributed by atoms with van der Waals surface area (Å²) in [7, 11) is -3.11. The summed E-state index contributed by atoms with van der Waals surface area (Å²) in [6.45, 7) is 1.99. The summed E-state index contributed by atoms with van der Waals surface area (Å²) in [6, 6.07) is 17.1. The quantitative estimate of drug-likeness (QED) is 0.717. The summed E-state index contributed by atoms with van der Waals surface area (Å²) in [5.74, 6) is -0.133. The van der Waals surface area contributed by atoms with Crippen molar-refractivity contribution in [2.75, 3.05) is 20.2 Å². The fourth-order valence-corrected chi connectivity index (χ4v) is 4.15. The number of carbonyl (C=O) groups excluding carboxylic acids is 1. The molecule has 7 nitrogen and oxygen atoms in total. The first-order valence-corrected chi connectivity index (χ1v) is 10.5. The predicted octanol–water partition coefficient (Wildman–Crippen LogP) is 2.15. The monoisotopic (exact) mass is 404 g/mol. The highest BCUT2D eigenvalue weighted by Gasteiger charge is 2.44. The Bertz CT molecular complexity index is 923. The van der Waals surface area contributed by atoms with Crippen LogP contribution in [0.1, 0.15) is 24.0 Å². The summed E-state index contributed by atoms with van der Waals surface area (Å²) in [4.78, 5) is 15.1. The van der Waals surface area contributed by atoms with Gasteiger partial charge < -0.3 is 4.74 Å². The minimum atomic E-state index is -4.64. The standard InChI is InChI=1S/C20H24N2O5S/c1-27-18-9-5-8-17(14-18)20(19(23)21-28(24,25)26)10-12-22(13-11-20)15-16-6-3-2-4-7-16/h2-9,14H,10-13,15H2,1H3,(H,21,23)(H,24,25,26). The Morgan fingerprint density at radius 1 is 1.14 bits per heavy atom. The number of likely N-dealkylation sites (tertiary alicyclic amines) is 1. The van der Waals surface area contributed by atoms with Crippen molar-refractivity contribution >= 4 is 16.2 Å². The highest BCUT2D eigenvalue weighted by Crippen LogP contribution is 2.38. The molecule has 0 spiro atoms. The molecule has 28 heavy (non-hydrogen) atoms. The number of methoxy groups -OCH3 is 1. The smallest absolute Gasteiger partial charge is 0.359 e. The Labute approximate surface area is 165 Å². The fourth-order valence-electron chi connectivity index (χ4n) is 3.72. The summed E-state index contributed by atoms with van der Waals surface area (Å²) in [5, 5.41) is 0. The first-order chi connectivity index (χ1) is 13.3. The third-order valence-corrected chi connectivity index (χ3v) is 5.68. The SMILES string of the molecule is COc1cccc(C2(C(=O)NS(=O)(=O)O)CCN(Cc3ccccc3)CC2)c1. The number of piperidine rings is 1. The van der Waals surface area contributed by atoms with Crippen LogP contribution >= 0.6 is 0 Å². The lowest BCUT2D eigenvalue weighted by molar-refractivity contribution is -0.127. The number of carbonyl (C=O) groups is 1. The molecular formula is C20H24N2O5S. The zero-order chi connectivity index (χ0) is 20.2. The van der Waals surface area contributed by atoms with Crippen LogP contribution in [0.5, 0.6) is 5.75 Å². The molecular weight excluding hydrogens is 380 g/mol. The van der Waals surface area contributed by atoms with E-state index >= 15 is 0 Å². The van der Waals surface area contributed by atoms with Gasteiger partial charge in [-0.25, -0.2) is 4.72 Å². The van der Waals surface area contributed by atoms with Crippen molar-refractivity contribution in [1.29, 1.82) is 0 Å². The molecule has 1 aliphatic rings. The summed E-state index contributed by atoms with van der Waals surface area (Å²) >= 11 is 0. The molecule has 0 unspecified atom stereocenters. The minimum Gasteiger partial charge on any atom is -0.497 e. The normalized spacial score (nSPS) is 17.1. The van der Waals surface area contributed by atoms with Crippen molar-refractivity contribution in [3.05, 3.63) is 65.7 Å². The molecule has 2 aromatic carbocycles. The Morgan fingerprint density at radius 2 is 1.82 bits per heavy atom. The molecule has 150 valence electrons. The van der Waals surface area contributed by atoms with E-state index in [1.165, 1.54) is 12.7 Å². The van der Waals surface area contributed by atoms with Crippen LogP contribution in [-0.2, 0) is 27.1 Å². The van der Waals surface area contributed by atoms with E-state index in [0.29, 0.717) is 37.2 Å². The molecule has 0 radical (unpaired) electrons. The molecule has 1 heterocycles. The van der Waals surface area contributed by atoms with Crippen molar-refractivity contribution in [2.24, 2.45) is 0 Å². The minimum absolute atomic E-state index is 0.425. The summed E-state index contributed by atoms with van der Waals surface area (Å²) < 4.78 is 38.7. The third kappa shape index (κ3) is 4.70. The first-order valence-electron chi connectivity index (χ1n) is 9.03. The number of nitrogens with zero attached hydrogens (tertiary/aromatic N) is 1. The molecule has 3 rings (SSSR count). The van der Waals surface area contributed by atoms with Crippen LogP contribution in [0.4, 0.5) is 0 Å². The van der Waals surface area contributed by atoms with Gasteiger partial charge in [-0.05, 0) is 49.2 Å². The Hall–Kier alpha value is -2.42. The number of ether oxygens (including phenoxy) is 1. The number of hydrogen-bond donors (Lipinski definition) is 2. The van der Waals surface area contributed by atoms with Crippen LogP contribution in [0.15, 0.2) is 54.6 Å². The third-order valence-electron chi connectivity index (χ3n) is 5.24. The van der Waals surface area contributed by atoms with Crippen LogP contribution in [0, 0.1) is 0 Å². The Kier molecular flexibility index (Phi) is 6.02. The molecule has 2 N–H and O–H groups in total. The molecule has 1 fully saturated rings. The van der Waals surface area contributed by atoms with E-state index in [9.17, 15) is 13.2 Å². The lowest BCUT2D eigenvalue weighted by atomic mass is 9.72. The molecule has 2 aromatic rings. The van der Waals surface area contributed by atoms with E-state index in [4.69, 9.17) is 9.29 Å². The molecule has 0 aliphatic carbocycles. The zero-order valence-electron chi connectivity index (χ0n) is 15.7. The van der Waals surface area contributed by atoms with Crippen LogP contribution in [-0.4, -0.2) is 44.0 Å². The highest BCUT2D eigenvalue weighted by atomic mass is 32.2. The second-order valence-corrected chi connectivity index (χ2v) is 8.14. The van der Waals surface area contributed by atoms with Crippen LogP contribution in [0.2, 0.25) is 0 Å². The van der Waals surface area contributed by atoms with Crippen LogP contribution in [0.25, 0.3) is 0 Å². The highest BCUT2D eigenvalue weighted by molar-refractivity contribution is 7.84. The van der Waals surface area contributed by atoms with Gasteiger partial charge in [0.1, 0.15) is 5.75 Å². The molecule has 1 saturated heterocycles. The Balaban J connectivity index is 1.85. The number of hydrogen-bond acceptors (Lipinski definition) is 5. The van der Waals surface area contributed by atoms with E-state index < -0.39 is 21.6 Å². The van der Waals surface area contributed by atoms with Gasteiger partial charge in [-0.15, -0.1) is 0 Å². The number of rotatable bonds is 6. The summed E-state index contributed by atoms with van der Waals surface area (Å²) in [5.41, 5.74) is 0.795. The molecule has 1 aliphatic heterocycles. The fraction of sp³-hybridized carbons (Fsp3) is 0.350. The van der Waals surface area contributed by atoms with Gasteiger partial charge in [0, 0.05) is 6.54 Å². The van der Waals surface area contributed by atoms with Crippen molar-refractivity contribution in [2.45, 2.75) is 24.8 Å². The van der Waals surface area contributed by atoms with Gasteiger partial charge in [-0.2, -0.15) is 8.42 Å². The lowest BCUT2D eigenvalue weighted by Gasteiger charge is -2.40. The van der Waals surface area contributed by atoms with E-state index in [-0.39, 0.29) is 0 Å². The number of benzene rings is 2. The van der Waals surface area contributed by atoms with Crippen LogP contribution < -0.4 is 9.46 Å². The van der Waals surface area contributed by atoms with Crippen molar-refractivity contribution in [3.63, 3.8) is 0 Å². The molecule has 0 bridgehead atoms. The van der Waals surface area contributed by atoms with Gasteiger partial charge in [0.2, 0.25) is 5.91 Å². The van der Waals surface area contributed by atoms with Gasteiger partial charge in [0.05, 0.1) is 12.5 Å². The topological polar surface area (TPSA) is 95.9 Å². The van der Waals surface area contributed by atoms with Crippen LogP contribution in [0.3, 0.4) is 0 Å². The van der Waals surface area contributed by atoms with Crippen molar-refractivity contribution < 1.29 is 22.5 Å². The molecule has 0 saturated carbocycles. The predicted molar refractivity (Wildman–Crippen MR) is 105 cm³/mol. The number of amides is 1. The molecule has 0 atom stereocenters. The first kappa shape index (κ1) is 20.3. The maximum Gasteiger partial charge on any atom is 0.359 e. The molecule has 1 amide bonds. The average molecular weight is 404 g/mol. The van der Waals surface area contributed by atoms with E-state index in [0.717, 1.165) is 6.54 Å². The van der Waals surface area contributed by atoms with E-state index in [1.54, 1.807) is 29.0 Å². The number of nitrogens with one attached hydrogen (secondary N) is 1. The lowest BCUT2D eigenvalue weighted by Crippen LogP contribution is -2.52. The second kappa shape index (κ2) is 8.30. The zero-order valence-corrected chi connectivity index (χ0v) is 16.5. The van der Waals surface area contributed by atoms with Gasteiger partial charge in [-0.3, -0.25) is 14.2 Å². The average Bonchev–Trinajstić information content (AvgIpc) is 2.68. The van der Waals surface area contributed by atoms with E-state index in [2.05, 4.69) is 17.0 Å². The maximum absolute atomic E-state index is 12.9. The van der Waals surface area contributed by atoms with Gasteiger partial charge in [-0.1, -0.05) is 42.5 Å². The Morgan fingerprint density at radius 3 is 2.43 bits per heavy atom. The second-order valence-electron chi connectivity index (χ2n) is 6.98. The van der Waals surface area contributed by atoms with Crippen molar-refractivity contribution in [3.8, 4) is 5.75 Å². The van der Waals surface area contributed by atoms with E-state index in [1.807, 2.05) is 18.2 Å². The molecule has 0 aromatic heterocycles. The van der Waals surface area contributed by atoms with Crippen molar-refractivity contribution in [1.82, 2.24) is 9.62 Å². The summed E-state index contributed by atoms with van der Waals surface area (Å²) in [6.07, 6.45) is 0.850. The maximum atomic E-state index is 12.9. The van der Waals surface area contributed by atoms with Gasteiger partial charge in [0.15, 0.2) is 0 Å². The van der Waals surface area contributed by atoms with Gasteiger partial charge in [0.25, 0.3) is 0 Å². The largest absolute Gasteiger partial charge is 0.497 e. The molecule has 8 heteroatoms. The van der Waals surface area contributed by atoms with Gasteiger partial charge >= 0.3 is 10.3 Å².